The van der Waals surface area contributed by atoms with E-state index < -0.39 is 5.97 Å². The number of nitrogens with one attached hydrogen (secondary N) is 1. The molecule has 0 bridgehead atoms. The van der Waals surface area contributed by atoms with E-state index in [2.05, 4.69) is 50.8 Å². The standard InChI is InChI=1S/C17H16ClIN6O2/c1-10(26)27-17-22-14-6-12(13(18)7-15(14)23-17)11-8-20-16(21-9-11)24-2-4-25(19)5-3-24/h6-9H,2-5H2,1H3,(H,22,23)/q-1. The van der Waals surface area contributed by atoms with E-state index >= 15 is 0 Å². The van der Waals surface area contributed by atoms with Gasteiger partial charge in [-0.15, -0.1) is 0 Å². The Hall–Kier alpha value is -1.98. The van der Waals surface area contributed by atoms with Crippen LogP contribution in [0.3, 0.4) is 0 Å². The van der Waals surface area contributed by atoms with Crippen LogP contribution in [-0.4, -0.2) is 55.2 Å². The predicted octanol–water partition coefficient (Wildman–Crippen LogP) is -0.811. The topological polar surface area (TPSA) is 87.2 Å². The van der Waals surface area contributed by atoms with Crippen molar-refractivity contribution in [3.05, 3.63) is 29.5 Å². The van der Waals surface area contributed by atoms with E-state index in [-0.39, 0.29) is 6.01 Å². The summed E-state index contributed by atoms with van der Waals surface area (Å²) in [6.07, 6.45) is 3.54. The second-order valence-corrected chi connectivity index (χ2v) is 7.93. The van der Waals surface area contributed by atoms with Crippen molar-refractivity contribution < 1.29 is 32.4 Å². The van der Waals surface area contributed by atoms with Gasteiger partial charge in [-0.2, -0.15) is 4.98 Å². The molecule has 3 heterocycles. The molecule has 0 amide bonds. The van der Waals surface area contributed by atoms with Gasteiger partial charge in [0, 0.05) is 43.5 Å². The molecule has 0 aliphatic carbocycles. The first-order valence-electron chi connectivity index (χ1n) is 8.35. The number of imidazole rings is 1. The Morgan fingerprint density at radius 1 is 1.22 bits per heavy atom. The Morgan fingerprint density at radius 3 is 2.59 bits per heavy atom. The number of benzene rings is 1. The highest BCUT2D eigenvalue weighted by Crippen LogP contribution is 2.32. The Morgan fingerprint density at radius 2 is 1.93 bits per heavy atom. The van der Waals surface area contributed by atoms with Gasteiger partial charge < -0.3 is 40.6 Å². The van der Waals surface area contributed by atoms with Crippen molar-refractivity contribution in [2.75, 3.05) is 31.1 Å². The Labute approximate surface area is 174 Å². The molecule has 0 spiro atoms. The second kappa shape index (κ2) is 7.56. The molecule has 1 aromatic carbocycles. The highest BCUT2D eigenvalue weighted by atomic mass is 127. The normalized spacial score (nSPS) is 15.3. The number of aromatic nitrogens is 4. The summed E-state index contributed by atoms with van der Waals surface area (Å²) in [6, 6.07) is 3.72. The number of halogens is 2. The number of rotatable bonds is 3. The Bertz CT molecular complexity index is 985. The number of carbonyl (C=O) groups excluding carboxylic acids is 1. The maximum absolute atomic E-state index is 11.1. The van der Waals surface area contributed by atoms with Gasteiger partial charge in [-0.1, -0.05) is 11.6 Å². The maximum atomic E-state index is 11.1. The number of nitrogens with zero attached hydrogens (tertiary/aromatic N) is 5. The van der Waals surface area contributed by atoms with Gasteiger partial charge >= 0.3 is 12.0 Å². The van der Waals surface area contributed by atoms with Crippen LogP contribution in [0.4, 0.5) is 5.95 Å². The zero-order chi connectivity index (χ0) is 19.0. The third-order valence-corrected chi connectivity index (χ3v) is 5.52. The largest absolute Gasteiger partial charge is 0.699 e. The molecule has 141 valence electrons. The van der Waals surface area contributed by atoms with Crippen molar-refractivity contribution in [2.45, 2.75) is 6.92 Å². The zero-order valence-electron chi connectivity index (χ0n) is 14.4. The average molecular weight is 499 g/mol. The van der Waals surface area contributed by atoms with Gasteiger partial charge in [-0.05, 0) is 25.2 Å². The van der Waals surface area contributed by atoms with Gasteiger partial charge in [0.1, 0.15) is 0 Å². The van der Waals surface area contributed by atoms with Crippen molar-refractivity contribution in [2.24, 2.45) is 0 Å². The number of hydrogen-bond donors (Lipinski definition) is 1. The predicted molar refractivity (Wildman–Crippen MR) is 97.2 cm³/mol. The van der Waals surface area contributed by atoms with E-state index in [0.29, 0.717) is 16.1 Å². The minimum absolute atomic E-state index is 0.145. The summed E-state index contributed by atoms with van der Waals surface area (Å²) in [4.78, 5) is 29.5. The van der Waals surface area contributed by atoms with Crippen molar-refractivity contribution >= 4 is 34.6 Å². The monoisotopic (exact) mass is 498 g/mol. The molecule has 8 nitrogen and oxygen atoms in total. The highest BCUT2D eigenvalue weighted by molar-refractivity contribution is 6.34. The van der Waals surface area contributed by atoms with Gasteiger partial charge in [-0.3, -0.25) is 4.79 Å². The minimum atomic E-state index is -0.437. The van der Waals surface area contributed by atoms with Crippen molar-refractivity contribution in [3.63, 3.8) is 0 Å². The summed E-state index contributed by atoms with van der Waals surface area (Å²) in [5.74, 6) is 0.283. The number of fused-ring (bicyclic) bond motifs is 1. The zero-order valence-corrected chi connectivity index (χ0v) is 17.4. The molecular formula is C17H16ClIN6O2-. The molecule has 3 aromatic rings. The van der Waals surface area contributed by atoms with E-state index in [0.717, 1.165) is 43.3 Å². The summed E-state index contributed by atoms with van der Waals surface area (Å²) in [6.45, 7) is 5.10. The molecule has 2 aromatic heterocycles. The van der Waals surface area contributed by atoms with Crippen LogP contribution in [0.1, 0.15) is 6.92 Å². The summed E-state index contributed by atoms with van der Waals surface area (Å²) >= 11 is 8.76. The highest BCUT2D eigenvalue weighted by Gasteiger charge is 2.15. The second-order valence-electron chi connectivity index (χ2n) is 6.15. The van der Waals surface area contributed by atoms with Gasteiger partial charge in [0.25, 0.3) is 0 Å². The number of hydrogen-bond acceptors (Lipinski definition) is 7. The Kier molecular flexibility index (Phi) is 5.15. The molecule has 1 fully saturated rings. The molecule has 1 aliphatic rings. The molecule has 1 aliphatic heterocycles. The molecule has 0 saturated carbocycles. The van der Waals surface area contributed by atoms with Crippen molar-refractivity contribution in [1.82, 2.24) is 23.0 Å². The summed E-state index contributed by atoms with van der Waals surface area (Å²) in [7, 11) is 0. The molecular weight excluding hydrogens is 483 g/mol. The van der Waals surface area contributed by atoms with E-state index in [4.69, 9.17) is 16.3 Å². The van der Waals surface area contributed by atoms with Gasteiger partial charge in [0.05, 0.1) is 16.1 Å². The van der Waals surface area contributed by atoms with Crippen LogP contribution < -0.4 is 32.5 Å². The van der Waals surface area contributed by atoms with Gasteiger partial charge in [0.2, 0.25) is 5.95 Å². The van der Waals surface area contributed by atoms with Crippen LogP contribution in [0.25, 0.3) is 22.2 Å². The number of esters is 1. The molecule has 10 heteroatoms. The van der Waals surface area contributed by atoms with Crippen molar-refractivity contribution in [3.8, 4) is 17.1 Å². The quantitative estimate of drug-likeness (QED) is 0.287. The van der Waals surface area contributed by atoms with E-state index in [9.17, 15) is 4.79 Å². The molecule has 0 unspecified atom stereocenters. The lowest BCUT2D eigenvalue weighted by molar-refractivity contribution is -0.575. The van der Waals surface area contributed by atoms with E-state index in [1.54, 1.807) is 18.5 Å². The van der Waals surface area contributed by atoms with Gasteiger partial charge in [-0.25, -0.2) is 9.97 Å². The van der Waals surface area contributed by atoms with E-state index in [1.807, 2.05) is 6.07 Å². The maximum Gasteiger partial charge on any atom is 0.310 e. The summed E-state index contributed by atoms with van der Waals surface area (Å²) in [5.41, 5.74) is 2.91. The SMILES string of the molecule is CC(=O)Oc1nc2cc(-c3cnc(N4CCN([I-])CC4)nc3)c(Cl)cc2[nH]1. The van der Waals surface area contributed by atoms with Crippen LogP contribution >= 0.6 is 11.6 Å². The molecule has 27 heavy (non-hydrogen) atoms. The van der Waals surface area contributed by atoms with Crippen LogP contribution in [-0.2, 0) is 4.79 Å². The van der Waals surface area contributed by atoms with Crippen molar-refractivity contribution in [1.29, 1.82) is 0 Å². The molecule has 1 radical (unpaired) electrons. The van der Waals surface area contributed by atoms with Crippen LogP contribution in [0, 0.1) is 0 Å². The summed E-state index contributed by atoms with van der Waals surface area (Å²) in [5, 5.41) is 0.537. The number of piperazine rings is 1. The summed E-state index contributed by atoms with van der Waals surface area (Å²) < 4.78 is 7.25. The third-order valence-electron chi connectivity index (χ3n) is 4.25. The number of ether oxygens (including phenoxy) is 1. The molecule has 1 saturated heterocycles. The fourth-order valence-electron chi connectivity index (χ4n) is 2.92. The first-order chi connectivity index (χ1) is 13.0. The average Bonchev–Trinajstić information content (AvgIpc) is 3.02. The minimum Gasteiger partial charge on any atom is -0.699 e. The fourth-order valence-corrected chi connectivity index (χ4v) is 3.62. The van der Waals surface area contributed by atoms with Crippen LogP contribution in [0.15, 0.2) is 24.5 Å². The fraction of sp³-hybridized carbons (Fsp3) is 0.294. The lowest BCUT2D eigenvalue weighted by Gasteiger charge is -2.39. The first kappa shape index (κ1) is 18.4. The lowest BCUT2D eigenvalue weighted by atomic mass is 10.1. The number of H-pyrrole nitrogens is 1. The number of anilines is 1. The van der Waals surface area contributed by atoms with Crippen LogP contribution in [0.2, 0.25) is 5.02 Å². The molecule has 0 atom stereocenters. The lowest BCUT2D eigenvalue weighted by Crippen LogP contribution is -3.42. The van der Waals surface area contributed by atoms with E-state index in [1.165, 1.54) is 6.92 Å². The number of aromatic amines is 1. The molecule has 1 N–H and O–H groups in total. The third kappa shape index (κ3) is 3.99. The molecule has 4 rings (SSSR count). The van der Waals surface area contributed by atoms with Gasteiger partial charge in [0.15, 0.2) is 0 Å². The first-order valence-corrected chi connectivity index (χ1v) is 9.69. The Balaban J connectivity index is 1.61. The van der Waals surface area contributed by atoms with Crippen LogP contribution in [0.5, 0.6) is 6.01 Å². The number of carbonyl (C=O) groups is 1. The smallest absolute Gasteiger partial charge is 0.310 e.